The molecule has 4 heteroatoms. The number of nitrogens with two attached hydrogens (primary N) is 1. The number of anilines is 1. The van der Waals surface area contributed by atoms with Gasteiger partial charge in [-0.2, -0.15) is 0 Å². The van der Waals surface area contributed by atoms with E-state index in [1.54, 1.807) is 6.33 Å². The largest absolute Gasteiger partial charge is 0.356 e. The van der Waals surface area contributed by atoms with Crippen molar-refractivity contribution in [2.24, 2.45) is 11.7 Å². The van der Waals surface area contributed by atoms with Crippen molar-refractivity contribution in [2.75, 3.05) is 24.5 Å². The molecule has 0 aliphatic carbocycles. The lowest BCUT2D eigenvalue weighted by Crippen LogP contribution is -2.22. The van der Waals surface area contributed by atoms with Crippen molar-refractivity contribution in [1.29, 1.82) is 0 Å². The van der Waals surface area contributed by atoms with E-state index in [4.69, 9.17) is 5.73 Å². The molecule has 1 aromatic rings. The van der Waals surface area contributed by atoms with Gasteiger partial charge in [0, 0.05) is 24.8 Å². The number of hydrogen-bond acceptors (Lipinski definition) is 4. The normalized spacial score (nSPS) is 20.2. The van der Waals surface area contributed by atoms with Crippen LogP contribution in [0.2, 0.25) is 0 Å². The first-order chi connectivity index (χ1) is 8.20. The lowest BCUT2D eigenvalue weighted by Gasteiger charge is -2.18. The third kappa shape index (κ3) is 2.94. The van der Waals surface area contributed by atoms with Crippen LogP contribution in [-0.4, -0.2) is 29.6 Å². The minimum atomic E-state index is 0.458. The van der Waals surface area contributed by atoms with Gasteiger partial charge in [-0.25, -0.2) is 9.97 Å². The molecule has 2 N–H and O–H groups in total. The van der Waals surface area contributed by atoms with Crippen molar-refractivity contribution >= 4 is 5.82 Å². The Morgan fingerprint density at radius 2 is 2.29 bits per heavy atom. The highest BCUT2D eigenvalue weighted by atomic mass is 15.2. The summed E-state index contributed by atoms with van der Waals surface area (Å²) in [5.74, 6) is 2.26. The molecule has 94 valence electrons. The molecular formula is C13H22N4. The summed E-state index contributed by atoms with van der Waals surface area (Å²) in [6.07, 6.45) is 4.04. The molecule has 0 amide bonds. The second kappa shape index (κ2) is 5.45. The number of aromatic nitrogens is 2. The topological polar surface area (TPSA) is 55.0 Å². The zero-order valence-electron chi connectivity index (χ0n) is 10.8. The fraction of sp³-hybridized carbons (Fsp3) is 0.692. The van der Waals surface area contributed by atoms with Crippen LogP contribution < -0.4 is 10.6 Å². The Labute approximate surface area is 103 Å². The Bertz CT molecular complexity index is 364. The maximum absolute atomic E-state index is 5.61. The number of rotatable bonds is 4. The fourth-order valence-electron chi connectivity index (χ4n) is 2.36. The molecule has 0 radical (unpaired) electrons. The van der Waals surface area contributed by atoms with Gasteiger partial charge in [-0.15, -0.1) is 0 Å². The highest BCUT2D eigenvalue weighted by Gasteiger charge is 2.23. The van der Waals surface area contributed by atoms with Crippen LogP contribution >= 0.6 is 0 Å². The van der Waals surface area contributed by atoms with E-state index in [9.17, 15) is 0 Å². The van der Waals surface area contributed by atoms with Gasteiger partial charge in [-0.1, -0.05) is 13.8 Å². The first-order valence-electron chi connectivity index (χ1n) is 6.47. The molecular weight excluding hydrogens is 212 g/mol. The molecule has 1 unspecified atom stereocenters. The van der Waals surface area contributed by atoms with Crippen LogP contribution in [0.25, 0.3) is 0 Å². The van der Waals surface area contributed by atoms with Gasteiger partial charge in [-0.05, 0) is 31.2 Å². The SMILES string of the molecule is CC(C)c1cc(N2CCC(CCN)C2)ncn1. The van der Waals surface area contributed by atoms with E-state index in [0.29, 0.717) is 5.92 Å². The molecule has 2 rings (SSSR count). The quantitative estimate of drug-likeness (QED) is 0.862. The van der Waals surface area contributed by atoms with E-state index in [1.807, 2.05) is 0 Å². The van der Waals surface area contributed by atoms with E-state index in [1.165, 1.54) is 6.42 Å². The van der Waals surface area contributed by atoms with Crippen molar-refractivity contribution in [3.8, 4) is 0 Å². The number of hydrogen-bond donors (Lipinski definition) is 1. The van der Waals surface area contributed by atoms with Crippen LogP contribution in [0.5, 0.6) is 0 Å². The van der Waals surface area contributed by atoms with Crippen molar-refractivity contribution < 1.29 is 0 Å². The lowest BCUT2D eigenvalue weighted by molar-refractivity contribution is 0.546. The predicted octanol–water partition coefficient (Wildman–Crippen LogP) is 1.78. The molecule has 2 heterocycles. The maximum Gasteiger partial charge on any atom is 0.132 e. The minimum Gasteiger partial charge on any atom is -0.356 e. The zero-order valence-corrected chi connectivity index (χ0v) is 10.8. The van der Waals surface area contributed by atoms with Gasteiger partial charge in [0.1, 0.15) is 12.1 Å². The Balaban J connectivity index is 2.05. The Morgan fingerprint density at radius 3 is 3.00 bits per heavy atom. The summed E-state index contributed by atoms with van der Waals surface area (Å²) in [5, 5.41) is 0. The van der Waals surface area contributed by atoms with Gasteiger partial charge in [0.15, 0.2) is 0 Å². The van der Waals surface area contributed by atoms with Crippen LogP contribution in [0.3, 0.4) is 0 Å². The molecule has 1 aliphatic rings. The summed E-state index contributed by atoms with van der Waals surface area (Å²) in [4.78, 5) is 11.0. The van der Waals surface area contributed by atoms with Gasteiger partial charge in [0.2, 0.25) is 0 Å². The van der Waals surface area contributed by atoms with Crippen LogP contribution in [0.4, 0.5) is 5.82 Å². The third-order valence-corrected chi connectivity index (χ3v) is 3.45. The summed E-state index contributed by atoms with van der Waals surface area (Å²) < 4.78 is 0. The monoisotopic (exact) mass is 234 g/mol. The summed E-state index contributed by atoms with van der Waals surface area (Å²) >= 11 is 0. The average molecular weight is 234 g/mol. The van der Waals surface area contributed by atoms with Crippen molar-refractivity contribution in [3.05, 3.63) is 18.1 Å². The van der Waals surface area contributed by atoms with E-state index >= 15 is 0 Å². The molecule has 0 aromatic carbocycles. The van der Waals surface area contributed by atoms with Gasteiger partial charge in [-0.3, -0.25) is 0 Å². The van der Waals surface area contributed by atoms with Gasteiger partial charge < -0.3 is 10.6 Å². The van der Waals surface area contributed by atoms with Crippen LogP contribution in [0.1, 0.15) is 38.3 Å². The molecule has 0 saturated carbocycles. The van der Waals surface area contributed by atoms with Crippen molar-refractivity contribution in [1.82, 2.24) is 9.97 Å². The smallest absolute Gasteiger partial charge is 0.132 e. The van der Waals surface area contributed by atoms with Crippen LogP contribution in [0, 0.1) is 5.92 Å². The van der Waals surface area contributed by atoms with E-state index in [-0.39, 0.29) is 0 Å². The molecule has 17 heavy (non-hydrogen) atoms. The Kier molecular flexibility index (Phi) is 3.94. The molecule has 0 spiro atoms. The summed E-state index contributed by atoms with van der Waals surface area (Å²) in [5.41, 5.74) is 6.73. The standard InChI is InChI=1S/C13H22N4/c1-10(2)12-7-13(16-9-15-12)17-6-4-11(8-17)3-5-14/h7,9-11H,3-6,8,14H2,1-2H3. The minimum absolute atomic E-state index is 0.458. The van der Waals surface area contributed by atoms with Crippen molar-refractivity contribution in [3.63, 3.8) is 0 Å². The predicted molar refractivity (Wildman–Crippen MR) is 70.1 cm³/mol. The molecule has 4 nitrogen and oxygen atoms in total. The molecule has 1 atom stereocenters. The summed E-state index contributed by atoms with van der Waals surface area (Å²) in [6, 6.07) is 2.12. The van der Waals surface area contributed by atoms with E-state index in [2.05, 4.69) is 34.8 Å². The molecule has 1 saturated heterocycles. The molecule has 0 bridgehead atoms. The second-order valence-electron chi connectivity index (χ2n) is 5.13. The third-order valence-electron chi connectivity index (χ3n) is 3.45. The Hall–Kier alpha value is -1.16. The zero-order chi connectivity index (χ0) is 12.3. The average Bonchev–Trinajstić information content (AvgIpc) is 2.78. The highest BCUT2D eigenvalue weighted by Crippen LogP contribution is 2.25. The molecule has 1 aromatic heterocycles. The van der Waals surface area contributed by atoms with Crippen LogP contribution in [0.15, 0.2) is 12.4 Å². The van der Waals surface area contributed by atoms with Gasteiger partial charge in [0.25, 0.3) is 0 Å². The molecule has 1 fully saturated rings. The second-order valence-corrected chi connectivity index (χ2v) is 5.13. The van der Waals surface area contributed by atoms with Crippen LogP contribution in [-0.2, 0) is 0 Å². The van der Waals surface area contributed by atoms with Gasteiger partial charge in [0.05, 0.1) is 0 Å². The lowest BCUT2D eigenvalue weighted by atomic mass is 10.1. The number of nitrogens with zero attached hydrogens (tertiary/aromatic N) is 3. The van der Waals surface area contributed by atoms with Gasteiger partial charge >= 0.3 is 0 Å². The summed E-state index contributed by atoms with van der Waals surface area (Å²) in [6.45, 7) is 7.30. The van der Waals surface area contributed by atoms with E-state index in [0.717, 1.165) is 43.5 Å². The first kappa shape index (κ1) is 12.3. The maximum atomic E-state index is 5.61. The van der Waals surface area contributed by atoms with E-state index < -0.39 is 0 Å². The van der Waals surface area contributed by atoms with Crippen molar-refractivity contribution in [2.45, 2.75) is 32.6 Å². The summed E-state index contributed by atoms with van der Waals surface area (Å²) in [7, 11) is 0. The first-order valence-corrected chi connectivity index (χ1v) is 6.47. The molecule has 1 aliphatic heterocycles. The highest BCUT2D eigenvalue weighted by molar-refractivity contribution is 5.40. The Morgan fingerprint density at radius 1 is 1.47 bits per heavy atom. The fourth-order valence-corrected chi connectivity index (χ4v) is 2.36.